The maximum absolute atomic E-state index is 3.74. The van der Waals surface area contributed by atoms with Gasteiger partial charge in [-0.3, -0.25) is 0 Å². The summed E-state index contributed by atoms with van der Waals surface area (Å²) in [5.41, 5.74) is 0. The van der Waals surface area contributed by atoms with Crippen LogP contribution in [-0.4, -0.2) is 37.1 Å². The Kier molecular flexibility index (Phi) is 6.83. The Balaban J connectivity index is 1.70. The van der Waals surface area contributed by atoms with Gasteiger partial charge < -0.3 is 10.2 Å². The quantitative estimate of drug-likeness (QED) is 0.821. The van der Waals surface area contributed by atoms with E-state index in [2.05, 4.69) is 31.0 Å². The summed E-state index contributed by atoms with van der Waals surface area (Å²) in [6.45, 7) is 12.3. The third-order valence-electron chi connectivity index (χ3n) is 5.31. The van der Waals surface area contributed by atoms with Gasteiger partial charge in [-0.1, -0.05) is 46.5 Å². The lowest BCUT2D eigenvalue weighted by atomic mass is 9.81. The van der Waals surface area contributed by atoms with Gasteiger partial charge in [0.15, 0.2) is 0 Å². The van der Waals surface area contributed by atoms with Gasteiger partial charge in [-0.2, -0.15) is 0 Å². The monoisotopic (exact) mass is 280 g/mol. The number of nitrogens with zero attached hydrogens (tertiary/aromatic N) is 1. The van der Waals surface area contributed by atoms with E-state index in [1.54, 1.807) is 0 Å². The standard InChI is InChI=1S/C18H36N2/c1-15(2)13-18-14-20(11-4-10-19-18)12-9-17-7-5-16(3)6-8-17/h15-19H,4-14H2,1-3H3. The lowest BCUT2D eigenvalue weighted by molar-refractivity contribution is 0.208. The minimum atomic E-state index is 0.726. The van der Waals surface area contributed by atoms with Crippen LogP contribution in [0.4, 0.5) is 0 Å². The number of hydrogen-bond donors (Lipinski definition) is 1. The molecule has 1 saturated carbocycles. The van der Waals surface area contributed by atoms with E-state index in [0.717, 1.165) is 23.8 Å². The van der Waals surface area contributed by atoms with Gasteiger partial charge in [0.05, 0.1) is 0 Å². The van der Waals surface area contributed by atoms with Crippen LogP contribution < -0.4 is 5.32 Å². The van der Waals surface area contributed by atoms with E-state index in [0.29, 0.717) is 0 Å². The summed E-state index contributed by atoms with van der Waals surface area (Å²) >= 11 is 0. The second kappa shape index (κ2) is 8.38. The van der Waals surface area contributed by atoms with Gasteiger partial charge in [-0.05, 0) is 56.7 Å². The van der Waals surface area contributed by atoms with Crippen molar-refractivity contribution in [3.05, 3.63) is 0 Å². The highest BCUT2D eigenvalue weighted by molar-refractivity contribution is 4.79. The van der Waals surface area contributed by atoms with E-state index in [-0.39, 0.29) is 0 Å². The van der Waals surface area contributed by atoms with Crippen molar-refractivity contribution in [2.45, 2.75) is 71.8 Å². The largest absolute Gasteiger partial charge is 0.313 e. The Morgan fingerprint density at radius 1 is 1.15 bits per heavy atom. The molecule has 1 heterocycles. The second-order valence-corrected chi connectivity index (χ2v) is 7.85. The van der Waals surface area contributed by atoms with Gasteiger partial charge in [-0.15, -0.1) is 0 Å². The Morgan fingerprint density at radius 3 is 2.60 bits per heavy atom. The lowest BCUT2D eigenvalue weighted by Crippen LogP contribution is -2.39. The van der Waals surface area contributed by atoms with Crippen LogP contribution in [0.25, 0.3) is 0 Å². The molecule has 0 bridgehead atoms. The molecule has 118 valence electrons. The minimum absolute atomic E-state index is 0.726. The van der Waals surface area contributed by atoms with Crippen molar-refractivity contribution in [2.24, 2.45) is 17.8 Å². The Morgan fingerprint density at radius 2 is 1.90 bits per heavy atom. The smallest absolute Gasteiger partial charge is 0.0197 e. The Hall–Kier alpha value is -0.0800. The fourth-order valence-electron chi connectivity index (χ4n) is 3.99. The minimum Gasteiger partial charge on any atom is -0.313 e. The highest BCUT2D eigenvalue weighted by Crippen LogP contribution is 2.30. The summed E-state index contributed by atoms with van der Waals surface area (Å²) < 4.78 is 0. The van der Waals surface area contributed by atoms with Crippen molar-refractivity contribution < 1.29 is 0 Å². The molecule has 1 saturated heterocycles. The normalized spacial score (nSPS) is 33.3. The van der Waals surface area contributed by atoms with Crippen molar-refractivity contribution in [3.63, 3.8) is 0 Å². The van der Waals surface area contributed by atoms with Crippen LogP contribution in [0.5, 0.6) is 0 Å². The Bertz CT molecular complexity index is 256. The summed E-state index contributed by atoms with van der Waals surface area (Å²) in [7, 11) is 0. The summed E-state index contributed by atoms with van der Waals surface area (Å²) in [6, 6.07) is 0.726. The fourth-order valence-corrected chi connectivity index (χ4v) is 3.99. The number of nitrogens with one attached hydrogen (secondary N) is 1. The first-order valence-electron chi connectivity index (χ1n) is 9.09. The van der Waals surface area contributed by atoms with Gasteiger partial charge in [0.2, 0.25) is 0 Å². The summed E-state index contributed by atoms with van der Waals surface area (Å²) in [6.07, 6.45) is 10.0. The average molecular weight is 280 g/mol. The third kappa shape index (κ3) is 5.73. The van der Waals surface area contributed by atoms with Crippen molar-refractivity contribution in [3.8, 4) is 0 Å². The summed E-state index contributed by atoms with van der Waals surface area (Å²) in [5, 5.41) is 3.74. The molecular formula is C18H36N2. The molecule has 2 aliphatic rings. The molecule has 1 aliphatic heterocycles. The molecule has 2 rings (SSSR count). The van der Waals surface area contributed by atoms with Gasteiger partial charge in [-0.25, -0.2) is 0 Å². The molecule has 1 atom stereocenters. The van der Waals surface area contributed by atoms with Gasteiger partial charge >= 0.3 is 0 Å². The van der Waals surface area contributed by atoms with Crippen LogP contribution in [0.3, 0.4) is 0 Å². The highest BCUT2D eigenvalue weighted by Gasteiger charge is 2.21. The molecule has 1 N–H and O–H groups in total. The van der Waals surface area contributed by atoms with E-state index < -0.39 is 0 Å². The van der Waals surface area contributed by atoms with Crippen LogP contribution >= 0.6 is 0 Å². The molecule has 0 aromatic carbocycles. The van der Waals surface area contributed by atoms with Crippen molar-refractivity contribution in [1.82, 2.24) is 10.2 Å². The molecule has 20 heavy (non-hydrogen) atoms. The van der Waals surface area contributed by atoms with Crippen molar-refractivity contribution >= 4 is 0 Å². The first-order valence-corrected chi connectivity index (χ1v) is 9.09. The zero-order chi connectivity index (χ0) is 14.4. The molecule has 0 aromatic heterocycles. The predicted octanol–water partition coefficient (Wildman–Crippen LogP) is 3.91. The summed E-state index contributed by atoms with van der Waals surface area (Å²) in [5.74, 6) is 2.82. The molecule has 0 radical (unpaired) electrons. The molecule has 0 aromatic rings. The fraction of sp³-hybridized carbons (Fsp3) is 1.00. The maximum Gasteiger partial charge on any atom is 0.0197 e. The molecule has 2 fully saturated rings. The maximum atomic E-state index is 3.74. The zero-order valence-corrected chi connectivity index (χ0v) is 14.0. The van der Waals surface area contributed by atoms with Crippen molar-refractivity contribution in [1.29, 1.82) is 0 Å². The molecule has 1 aliphatic carbocycles. The molecule has 0 spiro atoms. The number of hydrogen-bond acceptors (Lipinski definition) is 2. The number of rotatable bonds is 5. The van der Waals surface area contributed by atoms with E-state index in [1.807, 2.05) is 0 Å². The van der Waals surface area contributed by atoms with Crippen LogP contribution in [0, 0.1) is 17.8 Å². The van der Waals surface area contributed by atoms with E-state index >= 15 is 0 Å². The van der Waals surface area contributed by atoms with Gasteiger partial charge in [0.25, 0.3) is 0 Å². The van der Waals surface area contributed by atoms with E-state index in [9.17, 15) is 0 Å². The molecule has 0 amide bonds. The first kappa shape index (κ1) is 16.3. The summed E-state index contributed by atoms with van der Waals surface area (Å²) in [4.78, 5) is 2.74. The van der Waals surface area contributed by atoms with Crippen LogP contribution in [0.1, 0.15) is 65.7 Å². The second-order valence-electron chi connectivity index (χ2n) is 7.85. The molecule has 1 unspecified atom stereocenters. The van der Waals surface area contributed by atoms with Gasteiger partial charge in [0.1, 0.15) is 0 Å². The lowest BCUT2D eigenvalue weighted by Gasteiger charge is -2.30. The van der Waals surface area contributed by atoms with Crippen LogP contribution in [0.2, 0.25) is 0 Å². The Labute approximate surface area is 126 Å². The highest BCUT2D eigenvalue weighted by atomic mass is 15.2. The average Bonchev–Trinajstić information content (AvgIpc) is 2.63. The predicted molar refractivity (Wildman–Crippen MR) is 88.0 cm³/mol. The molecule has 2 heteroatoms. The zero-order valence-electron chi connectivity index (χ0n) is 14.0. The van der Waals surface area contributed by atoms with E-state index in [1.165, 1.54) is 71.1 Å². The molecule has 2 nitrogen and oxygen atoms in total. The van der Waals surface area contributed by atoms with Gasteiger partial charge in [0, 0.05) is 12.6 Å². The first-order chi connectivity index (χ1) is 9.63. The van der Waals surface area contributed by atoms with Crippen LogP contribution in [-0.2, 0) is 0 Å². The van der Waals surface area contributed by atoms with E-state index in [4.69, 9.17) is 0 Å². The third-order valence-corrected chi connectivity index (χ3v) is 5.31. The topological polar surface area (TPSA) is 15.3 Å². The van der Waals surface area contributed by atoms with Crippen LogP contribution in [0.15, 0.2) is 0 Å². The molecular weight excluding hydrogens is 244 g/mol. The SMILES string of the molecule is CC(C)CC1CN(CCC2CCC(C)CC2)CCCN1. The van der Waals surface area contributed by atoms with Crippen molar-refractivity contribution in [2.75, 3.05) is 26.2 Å².